The molecule has 0 aromatic heterocycles. The summed E-state index contributed by atoms with van der Waals surface area (Å²) in [6, 6.07) is 7.65. The van der Waals surface area contributed by atoms with Gasteiger partial charge in [-0.25, -0.2) is 4.39 Å². The SMILES string of the molecule is CN1CCC(N2CC=C(c3ccc(F)cc3)CC2)CC1. The van der Waals surface area contributed by atoms with Gasteiger partial charge in [0.15, 0.2) is 0 Å². The Hall–Kier alpha value is -1.19. The van der Waals surface area contributed by atoms with Crippen LogP contribution in [0.1, 0.15) is 24.8 Å². The number of rotatable bonds is 2. The van der Waals surface area contributed by atoms with Crippen LogP contribution in [0.25, 0.3) is 5.57 Å². The Morgan fingerprint density at radius 3 is 2.35 bits per heavy atom. The Morgan fingerprint density at radius 2 is 1.75 bits per heavy atom. The topological polar surface area (TPSA) is 6.48 Å². The highest BCUT2D eigenvalue weighted by molar-refractivity contribution is 5.66. The van der Waals surface area contributed by atoms with Gasteiger partial charge in [-0.1, -0.05) is 18.2 Å². The standard InChI is InChI=1S/C17H23FN2/c1-19-10-8-17(9-11-19)20-12-6-15(7-13-20)14-2-4-16(18)5-3-14/h2-6,17H,7-13H2,1H3. The molecule has 0 bridgehead atoms. The quantitative estimate of drug-likeness (QED) is 0.818. The van der Waals surface area contributed by atoms with Crippen molar-refractivity contribution < 1.29 is 4.39 Å². The zero-order valence-electron chi connectivity index (χ0n) is 12.2. The maximum Gasteiger partial charge on any atom is 0.123 e. The first kappa shape index (κ1) is 13.8. The van der Waals surface area contributed by atoms with E-state index >= 15 is 0 Å². The normalized spacial score (nSPS) is 22.8. The molecule has 0 N–H and O–H groups in total. The summed E-state index contributed by atoms with van der Waals surface area (Å²) in [6.45, 7) is 4.62. The number of hydrogen-bond acceptors (Lipinski definition) is 2. The van der Waals surface area contributed by atoms with E-state index in [-0.39, 0.29) is 5.82 Å². The van der Waals surface area contributed by atoms with Crippen LogP contribution in [-0.4, -0.2) is 49.1 Å². The minimum absolute atomic E-state index is 0.155. The monoisotopic (exact) mass is 274 g/mol. The third-order valence-corrected chi connectivity index (χ3v) is 4.66. The van der Waals surface area contributed by atoms with Crippen molar-refractivity contribution in [3.05, 3.63) is 41.7 Å². The molecular weight excluding hydrogens is 251 g/mol. The Morgan fingerprint density at radius 1 is 1.05 bits per heavy atom. The Kier molecular flexibility index (Phi) is 4.18. The number of piperidine rings is 1. The molecule has 3 heteroatoms. The highest BCUT2D eigenvalue weighted by Crippen LogP contribution is 2.25. The number of benzene rings is 1. The number of halogens is 1. The number of likely N-dealkylation sites (tertiary alicyclic amines) is 1. The lowest BCUT2D eigenvalue weighted by Crippen LogP contribution is -2.45. The fraction of sp³-hybridized carbons (Fsp3) is 0.529. The minimum Gasteiger partial charge on any atom is -0.306 e. The van der Waals surface area contributed by atoms with Crippen molar-refractivity contribution in [1.29, 1.82) is 0 Å². The second-order valence-corrected chi connectivity index (χ2v) is 6.02. The zero-order valence-corrected chi connectivity index (χ0v) is 12.2. The zero-order chi connectivity index (χ0) is 13.9. The van der Waals surface area contributed by atoms with E-state index in [9.17, 15) is 4.39 Å². The average molecular weight is 274 g/mol. The van der Waals surface area contributed by atoms with Crippen molar-refractivity contribution in [3.8, 4) is 0 Å². The van der Waals surface area contributed by atoms with E-state index in [0.717, 1.165) is 25.6 Å². The summed E-state index contributed by atoms with van der Waals surface area (Å²) in [5, 5.41) is 0. The number of hydrogen-bond donors (Lipinski definition) is 0. The van der Waals surface area contributed by atoms with Gasteiger partial charge < -0.3 is 4.90 Å². The molecule has 0 amide bonds. The van der Waals surface area contributed by atoms with Gasteiger partial charge in [-0.3, -0.25) is 4.90 Å². The molecular formula is C17H23FN2. The third-order valence-electron chi connectivity index (χ3n) is 4.66. The molecule has 20 heavy (non-hydrogen) atoms. The molecule has 3 rings (SSSR count). The molecule has 2 nitrogen and oxygen atoms in total. The molecule has 0 radical (unpaired) electrons. The van der Waals surface area contributed by atoms with Crippen LogP contribution in [0.5, 0.6) is 0 Å². The minimum atomic E-state index is -0.155. The molecule has 2 aliphatic heterocycles. The van der Waals surface area contributed by atoms with Crippen molar-refractivity contribution in [2.45, 2.75) is 25.3 Å². The van der Waals surface area contributed by atoms with Crippen LogP contribution in [0.15, 0.2) is 30.3 Å². The fourth-order valence-electron chi connectivity index (χ4n) is 3.30. The second-order valence-electron chi connectivity index (χ2n) is 6.02. The van der Waals surface area contributed by atoms with E-state index in [4.69, 9.17) is 0 Å². The predicted octanol–water partition coefficient (Wildman–Crippen LogP) is 3.01. The van der Waals surface area contributed by atoms with E-state index in [1.165, 1.54) is 37.1 Å². The van der Waals surface area contributed by atoms with Gasteiger partial charge in [0.25, 0.3) is 0 Å². The summed E-state index contributed by atoms with van der Waals surface area (Å²) < 4.78 is 13.0. The van der Waals surface area contributed by atoms with Crippen LogP contribution in [0.4, 0.5) is 4.39 Å². The first-order chi connectivity index (χ1) is 9.72. The Labute approximate surface area is 120 Å². The highest BCUT2D eigenvalue weighted by Gasteiger charge is 2.24. The van der Waals surface area contributed by atoms with Gasteiger partial charge in [-0.05, 0) is 62.7 Å². The molecule has 108 valence electrons. The second kappa shape index (κ2) is 6.06. The van der Waals surface area contributed by atoms with E-state index in [1.54, 1.807) is 12.1 Å². The van der Waals surface area contributed by atoms with E-state index in [0.29, 0.717) is 0 Å². The lowest BCUT2D eigenvalue weighted by Gasteiger charge is -2.38. The van der Waals surface area contributed by atoms with Gasteiger partial charge >= 0.3 is 0 Å². The highest BCUT2D eigenvalue weighted by atomic mass is 19.1. The third kappa shape index (κ3) is 3.10. The maximum absolute atomic E-state index is 13.0. The first-order valence-corrected chi connectivity index (χ1v) is 7.60. The molecule has 0 spiro atoms. The van der Waals surface area contributed by atoms with Crippen molar-refractivity contribution in [2.75, 3.05) is 33.2 Å². The van der Waals surface area contributed by atoms with E-state index in [2.05, 4.69) is 22.9 Å². The molecule has 0 unspecified atom stereocenters. The smallest absolute Gasteiger partial charge is 0.123 e. The van der Waals surface area contributed by atoms with Gasteiger partial charge in [-0.2, -0.15) is 0 Å². The van der Waals surface area contributed by atoms with Gasteiger partial charge in [0, 0.05) is 19.1 Å². The lowest BCUT2D eigenvalue weighted by molar-refractivity contribution is 0.131. The van der Waals surface area contributed by atoms with Gasteiger partial charge in [0.2, 0.25) is 0 Å². The van der Waals surface area contributed by atoms with Crippen LogP contribution in [0, 0.1) is 5.82 Å². The summed E-state index contributed by atoms with van der Waals surface area (Å²) in [5.41, 5.74) is 2.55. The fourth-order valence-corrected chi connectivity index (χ4v) is 3.30. The molecule has 2 heterocycles. The average Bonchev–Trinajstić information content (AvgIpc) is 2.49. The van der Waals surface area contributed by atoms with Crippen LogP contribution in [0.3, 0.4) is 0 Å². The summed E-state index contributed by atoms with van der Waals surface area (Å²) in [5.74, 6) is -0.155. The van der Waals surface area contributed by atoms with E-state index < -0.39 is 0 Å². The Balaban J connectivity index is 1.61. The van der Waals surface area contributed by atoms with Crippen molar-refractivity contribution in [1.82, 2.24) is 9.80 Å². The van der Waals surface area contributed by atoms with Gasteiger partial charge in [-0.15, -0.1) is 0 Å². The molecule has 1 saturated heterocycles. The van der Waals surface area contributed by atoms with Gasteiger partial charge in [0.1, 0.15) is 5.82 Å². The van der Waals surface area contributed by atoms with Crippen molar-refractivity contribution in [2.24, 2.45) is 0 Å². The molecule has 1 aromatic carbocycles. The van der Waals surface area contributed by atoms with Crippen molar-refractivity contribution in [3.63, 3.8) is 0 Å². The van der Waals surface area contributed by atoms with Gasteiger partial charge in [0.05, 0.1) is 0 Å². The molecule has 2 aliphatic rings. The van der Waals surface area contributed by atoms with Crippen LogP contribution in [0.2, 0.25) is 0 Å². The molecule has 0 aliphatic carbocycles. The summed E-state index contributed by atoms with van der Waals surface area (Å²) in [6.07, 6.45) is 5.99. The summed E-state index contributed by atoms with van der Waals surface area (Å²) in [7, 11) is 2.21. The molecule has 1 fully saturated rings. The lowest BCUT2D eigenvalue weighted by atomic mass is 9.96. The predicted molar refractivity (Wildman–Crippen MR) is 81.1 cm³/mol. The Bertz CT molecular complexity index is 472. The van der Waals surface area contributed by atoms with E-state index in [1.807, 2.05) is 12.1 Å². The molecule has 0 saturated carbocycles. The van der Waals surface area contributed by atoms with Crippen molar-refractivity contribution >= 4 is 5.57 Å². The number of nitrogens with zero attached hydrogens (tertiary/aromatic N) is 2. The maximum atomic E-state index is 13.0. The van der Waals surface area contributed by atoms with Crippen LogP contribution in [-0.2, 0) is 0 Å². The summed E-state index contributed by atoms with van der Waals surface area (Å²) in [4.78, 5) is 5.03. The van der Waals surface area contributed by atoms with Crippen LogP contribution >= 0.6 is 0 Å². The molecule has 1 aromatic rings. The van der Waals surface area contributed by atoms with Crippen LogP contribution < -0.4 is 0 Å². The summed E-state index contributed by atoms with van der Waals surface area (Å²) >= 11 is 0. The molecule has 0 atom stereocenters. The first-order valence-electron chi connectivity index (χ1n) is 7.60. The largest absolute Gasteiger partial charge is 0.306 e.